The van der Waals surface area contributed by atoms with Crippen LogP contribution in [0.4, 0.5) is 5.69 Å². The van der Waals surface area contributed by atoms with E-state index >= 15 is 0 Å². The first-order valence-electron chi connectivity index (χ1n) is 11.6. The Morgan fingerprint density at radius 2 is 1.94 bits per heavy atom. The first-order valence-corrected chi connectivity index (χ1v) is 11.6. The molecule has 1 aliphatic carbocycles. The molecule has 1 saturated heterocycles. The number of carbonyl (C=O) groups is 1. The maximum Gasteiger partial charge on any atom is 0.230 e. The minimum Gasteiger partial charge on any atom is -0.496 e. The molecule has 6 heteroatoms. The second kappa shape index (κ2) is 9.42. The number of ether oxygens (including phenoxy) is 1. The fourth-order valence-corrected chi connectivity index (χ4v) is 5.49. The molecule has 2 heterocycles. The third-order valence-electron chi connectivity index (χ3n) is 7.48. The van der Waals surface area contributed by atoms with Gasteiger partial charge >= 0.3 is 0 Å². The van der Waals surface area contributed by atoms with E-state index in [1.807, 2.05) is 11.9 Å². The molecule has 5 rings (SSSR count). The fraction of sp³-hybridized carbons (Fsp3) is 0.500. The van der Waals surface area contributed by atoms with Gasteiger partial charge in [-0.05, 0) is 54.9 Å². The SMILES string of the molecule is CCC1CCC(NCc2cc3c(cc2OC)C2CC2C(=O)N3C)C(c2ccccc2)N1.Cl. The Labute approximate surface area is 197 Å². The summed E-state index contributed by atoms with van der Waals surface area (Å²) in [6.45, 7) is 2.98. The minimum absolute atomic E-state index is 0. The summed E-state index contributed by atoms with van der Waals surface area (Å²) in [4.78, 5) is 14.4. The normalized spacial score (nSPS) is 28.4. The summed E-state index contributed by atoms with van der Waals surface area (Å²) in [6.07, 6.45) is 4.44. The largest absolute Gasteiger partial charge is 0.496 e. The number of methoxy groups -OCH3 is 1. The molecular formula is C26H34ClN3O2. The van der Waals surface area contributed by atoms with Gasteiger partial charge in [0.15, 0.2) is 0 Å². The Balaban J connectivity index is 0.00000245. The van der Waals surface area contributed by atoms with Crippen LogP contribution in [0.3, 0.4) is 0 Å². The zero-order chi connectivity index (χ0) is 21.5. The Morgan fingerprint density at radius 1 is 1.16 bits per heavy atom. The van der Waals surface area contributed by atoms with Crippen molar-refractivity contribution in [1.82, 2.24) is 10.6 Å². The summed E-state index contributed by atoms with van der Waals surface area (Å²) in [6, 6.07) is 16.3. The van der Waals surface area contributed by atoms with Gasteiger partial charge in [0.2, 0.25) is 5.91 Å². The molecular weight excluding hydrogens is 422 g/mol. The summed E-state index contributed by atoms with van der Waals surface area (Å²) in [7, 11) is 3.65. The van der Waals surface area contributed by atoms with Crippen LogP contribution in [0.2, 0.25) is 0 Å². The Kier molecular flexibility index (Phi) is 6.80. The lowest BCUT2D eigenvalue weighted by molar-refractivity contribution is -0.119. The minimum atomic E-state index is 0. The summed E-state index contributed by atoms with van der Waals surface area (Å²) in [5, 5.41) is 7.68. The number of hydrogen-bond acceptors (Lipinski definition) is 4. The number of amides is 1. The van der Waals surface area contributed by atoms with Gasteiger partial charge in [-0.3, -0.25) is 4.79 Å². The zero-order valence-corrected chi connectivity index (χ0v) is 20.0. The zero-order valence-electron chi connectivity index (χ0n) is 19.1. The van der Waals surface area contributed by atoms with E-state index in [1.165, 1.54) is 17.5 Å². The van der Waals surface area contributed by atoms with Gasteiger partial charge in [0.05, 0.1) is 7.11 Å². The van der Waals surface area contributed by atoms with Gasteiger partial charge in [0.1, 0.15) is 5.75 Å². The molecule has 2 aromatic carbocycles. The number of benzene rings is 2. The smallest absolute Gasteiger partial charge is 0.230 e. The molecule has 5 unspecified atom stereocenters. The van der Waals surface area contributed by atoms with Gasteiger partial charge in [-0.1, -0.05) is 37.3 Å². The van der Waals surface area contributed by atoms with Crippen molar-refractivity contribution in [1.29, 1.82) is 0 Å². The summed E-state index contributed by atoms with van der Waals surface area (Å²) in [5.41, 5.74) is 4.76. The number of nitrogens with one attached hydrogen (secondary N) is 2. The molecule has 1 amide bonds. The molecule has 32 heavy (non-hydrogen) atoms. The van der Waals surface area contributed by atoms with Crippen LogP contribution in [0, 0.1) is 5.92 Å². The third kappa shape index (κ3) is 4.14. The van der Waals surface area contributed by atoms with Gasteiger partial charge < -0.3 is 20.3 Å². The van der Waals surface area contributed by atoms with Gasteiger partial charge in [-0.2, -0.15) is 0 Å². The highest BCUT2D eigenvalue weighted by Crippen LogP contribution is 2.56. The van der Waals surface area contributed by atoms with Gasteiger partial charge in [0.25, 0.3) is 0 Å². The van der Waals surface area contributed by atoms with Gasteiger partial charge in [-0.25, -0.2) is 0 Å². The van der Waals surface area contributed by atoms with Crippen molar-refractivity contribution in [2.45, 2.75) is 63.2 Å². The Bertz CT molecular complexity index is 967. The van der Waals surface area contributed by atoms with E-state index in [9.17, 15) is 4.79 Å². The highest BCUT2D eigenvalue weighted by atomic mass is 35.5. The third-order valence-corrected chi connectivity index (χ3v) is 7.48. The van der Waals surface area contributed by atoms with Crippen molar-refractivity contribution in [3.63, 3.8) is 0 Å². The molecule has 2 N–H and O–H groups in total. The summed E-state index contributed by atoms with van der Waals surface area (Å²) >= 11 is 0. The number of rotatable bonds is 6. The van der Waals surface area contributed by atoms with Crippen molar-refractivity contribution in [3.05, 3.63) is 59.2 Å². The number of anilines is 1. The van der Waals surface area contributed by atoms with Crippen molar-refractivity contribution in [3.8, 4) is 5.75 Å². The molecule has 0 aromatic heterocycles. The van der Waals surface area contributed by atoms with Crippen molar-refractivity contribution in [2.75, 3.05) is 19.1 Å². The van der Waals surface area contributed by atoms with E-state index < -0.39 is 0 Å². The van der Waals surface area contributed by atoms with Crippen molar-refractivity contribution >= 4 is 24.0 Å². The van der Waals surface area contributed by atoms with Crippen LogP contribution in [0.5, 0.6) is 5.75 Å². The first-order chi connectivity index (χ1) is 15.1. The first kappa shape index (κ1) is 23.1. The van der Waals surface area contributed by atoms with E-state index in [2.05, 4.69) is 60.0 Å². The molecule has 2 aliphatic heterocycles. The van der Waals surface area contributed by atoms with E-state index in [4.69, 9.17) is 4.74 Å². The predicted molar refractivity (Wildman–Crippen MR) is 131 cm³/mol. The number of piperidine rings is 1. The maximum atomic E-state index is 12.5. The number of carbonyl (C=O) groups excluding carboxylic acids is 1. The van der Waals surface area contributed by atoms with Crippen molar-refractivity contribution in [2.24, 2.45) is 5.92 Å². The standard InChI is InChI=1S/C26H33N3O2.ClH/c1-4-18-10-11-22(25(28-18)16-8-6-5-7-9-16)27-15-17-12-23-20(14-24(17)31-3)19-13-21(19)26(30)29(23)2;/h5-9,12,14,18-19,21-22,25,27-28H,4,10-11,13,15H2,1-3H3;1H. The van der Waals surface area contributed by atoms with E-state index in [0.29, 0.717) is 24.0 Å². The monoisotopic (exact) mass is 455 g/mol. The van der Waals surface area contributed by atoms with E-state index in [1.54, 1.807) is 7.11 Å². The van der Waals surface area contributed by atoms with Crippen LogP contribution < -0.4 is 20.3 Å². The maximum absolute atomic E-state index is 12.5. The van der Waals surface area contributed by atoms with Crippen LogP contribution in [0.15, 0.2) is 42.5 Å². The number of fused-ring (bicyclic) bond motifs is 3. The average Bonchev–Trinajstić information content (AvgIpc) is 3.62. The van der Waals surface area contributed by atoms with Gasteiger partial charge in [0, 0.05) is 48.9 Å². The highest BCUT2D eigenvalue weighted by Gasteiger charge is 2.50. The van der Waals surface area contributed by atoms with Crippen LogP contribution in [0.25, 0.3) is 0 Å². The van der Waals surface area contributed by atoms with Gasteiger partial charge in [-0.15, -0.1) is 12.4 Å². The lowest BCUT2D eigenvalue weighted by Gasteiger charge is -2.38. The van der Waals surface area contributed by atoms with Crippen LogP contribution >= 0.6 is 12.4 Å². The summed E-state index contributed by atoms with van der Waals surface area (Å²) < 4.78 is 5.77. The highest BCUT2D eigenvalue weighted by molar-refractivity contribution is 6.01. The van der Waals surface area contributed by atoms with E-state index in [0.717, 1.165) is 42.8 Å². The quantitative estimate of drug-likeness (QED) is 0.670. The number of hydrogen-bond donors (Lipinski definition) is 2. The lowest BCUT2D eigenvalue weighted by atomic mass is 9.88. The number of nitrogens with zero attached hydrogens (tertiary/aromatic N) is 1. The van der Waals surface area contributed by atoms with Crippen LogP contribution in [-0.4, -0.2) is 32.1 Å². The molecule has 1 saturated carbocycles. The topological polar surface area (TPSA) is 53.6 Å². The van der Waals surface area contributed by atoms with Crippen molar-refractivity contribution < 1.29 is 9.53 Å². The predicted octanol–water partition coefficient (Wildman–Crippen LogP) is 4.56. The second-order valence-corrected chi connectivity index (χ2v) is 9.29. The molecule has 0 bridgehead atoms. The Hall–Kier alpha value is -2.08. The summed E-state index contributed by atoms with van der Waals surface area (Å²) in [5.74, 6) is 1.74. The Morgan fingerprint density at radius 3 is 2.66 bits per heavy atom. The average molecular weight is 456 g/mol. The second-order valence-electron chi connectivity index (χ2n) is 9.29. The molecule has 3 aliphatic rings. The molecule has 2 fully saturated rings. The molecule has 0 radical (unpaired) electrons. The lowest BCUT2D eigenvalue weighted by Crippen LogP contribution is -2.49. The molecule has 5 atom stereocenters. The van der Waals surface area contributed by atoms with E-state index in [-0.39, 0.29) is 24.2 Å². The fourth-order valence-electron chi connectivity index (χ4n) is 5.49. The molecule has 172 valence electrons. The number of halogens is 1. The molecule has 2 aromatic rings. The van der Waals surface area contributed by atoms with Crippen LogP contribution in [-0.2, 0) is 11.3 Å². The van der Waals surface area contributed by atoms with Crippen LogP contribution in [0.1, 0.15) is 61.3 Å². The molecule has 0 spiro atoms. The molecule has 5 nitrogen and oxygen atoms in total.